The van der Waals surface area contributed by atoms with E-state index in [9.17, 15) is 9.18 Å². The molecule has 1 aromatic carbocycles. The highest BCUT2D eigenvalue weighted by Crippen LogP contribution is 2.20. The maximum atomic E-state index is 12.8. The predicted molar refractivity (Wildman–Crippen MR) is 107 cm³/mol. The van der Waals surface area contributed by atoms with Crippen molar-refractivity contribution < 1.29 is 13.9 Å². The van der Waals surface area contributed by atoms with Crippen molar-refractivity contribution in [2.75, 3.05) is 26.2 Å². The lowest BCUT2D eigenvalue weighted by atomic mass is 10.1. The average molecular weight is 412 g/mol. The summed E-state index contributed by atoms with van der Waals surface area (Å²) in [6.45, 7) is 4.89. The molecule has 0 radical (unpaired) electrons. The molecule has 1 amide bonds. The zero-order chi connectivity index (χ0) is 19.1. The number of nitrogens with one attached hydrogen (secondary N) is 2. The van der Waals surface area contributed by atoms with Crippen molar-refractivity contribution in [3.63, 3.8) is 0 Å². The highest BCUT2D eigenvalue weighted by molar-refractivity contribution is 5.93. The zero-order valence-electron chi connectivity index (χ0n) is 16.0. The highest BCUT2D eigenvalue weighted by atomic mass is 35.5. The second-order valence-corrected chi connectivity index (χ2v) is 6.71. The maximum absolute atomic E-state index is 12.8. The van der Waals surface area contributed by atoms with Gasteiger partial charge in [0, 0.05) is 6.54 Å². The van der Waals surface area contributed by atoms with Gasteiger partial charge in [0.05, 0.1) is 18.3 Å². The number of nitrogens with zero attached hydrogens (tertiary/aromatic N) is 3. The first kappa shape index (κ1) is 22.1. The van der Waals surface area contributed by atoms with E-state index in [1.54, 1.807) is 12.1 Å². The third kappa shape index (κ3) is 5.90. The average Bonchev–Trinajstić information content (AvgIpc) is 3.08. The number of unbranched alkanes of at least 4 members (excludes halogenated alkanes) is 1. The second kappa shape index (κ2) is 11.0. The Morgan fingerprint density at radius 3 is 2.71 bits per heavy atom. The number of carbonyl (C=O) groups excluding carboxylic acids is 1. The van der Waals surface area contributed by atoms with Crippen molar-refractivity contribution in [3.8, 4) is 5.75 Å². The normalized spacial score (nSPS) is 14.4. The second-order valence-electron chi connectivity index (χ2n) is 6.71. The van der Waals surface area contributed by atoms with Crippen LogP contribution in [0.4, 0.5) is 4.39 Å². The zero-order valence-corrected chi connectivity index (χ0v) is 16.8. The molecule has 3 rings (SSSR count). The number of benzene rings is 1. The minimum Gasteiger partial charge on any atom is -0.494 e. The van der Waals surface area contributed by atoms with Crippen LogP contribution in [-0.2, 0) is 0 Å². The van der Waals surface area contributed by atoms with E-state index in [0.29, 0.717) is 30.6 Å². The standard InChI is InChI=1S/C19H26FN5O2.ClH/c1-14-18(23-24-25(14)16-8-11-21-12-9-16)19(26)22-10-2-3-13-27-17-6-4-15(20)5-7-17;/h4-7,16,21H,2-3,8-13H2,1H3,(H,22,26);1H. The first-order valence-electron chi connectivity index (χ1n) is 9.44. The summed E-state index contributed by atoms with van der Waals surface area (Å²) in [5.41, 5.74) is 1.22. The van der Waals surface area contributed by atoms with Crippen LogP contribution in [0.2, 0.25) is 0 Å². The Balaban J connectivity index is 0.00000280. The molecule has 1 aromatic heterocycles. The molecule has 1 saturated heterocycles. The van der Waals surface area contributed by atoms with Crippen LogP contribution in [0.5, 0.6) is 5.75 Å². The molecule has 0 aliphatic carbocycles. The van der Waals surface area contributed by atoms with Crippen LogP contribution in [0.1, 0.15) is 47.9 Å². The first-order chi connectivity index (χ1) is 13.1. The molecule has 28 heavy (non-hydrogen) atoms. The van der Waals surface area contributed by atoms with Gasteiger partial charge in [-0.1, -0.05) is 5.21 Å². The molecule has 2 aromatic rings. The van der Waals surface area contributed by atoms with Crippen LogP contribution in [0.3, 0.4) is 0 Å². The van der Waals surface area contributed by atoms with Crippen molar-refractivity contribution in [3.05, 3.63) is 41.5 Å². The van der Waals surface area contributed by atoms with Gasteiger partial charge in [-0.15, -0.1) is 17.5 Å². The third-order valence-corrected chi connectivity index (χ3v) is 4.74. The number of piperidine rings is 1. The Kier molecular flexibility index (Phi) is 8.66. The van der Waals surface area contributed by atoms with Crippen LogP contribution in [0.25, 0.3) is 0 Å². The van der Waals surface area contributed by atoms with E-state index in [1.165, 1.54) is 12.1 Å². The largest absolute Gasteiger partial charge is 0.494 e. The number of carbonyl (C=O) groups is 1. The number of rotatable bonds is 8. The van der Waals surface area contributed by atoms with Crippen LogP contribution < -0.4 is 15.4 Å². The molecule has 0 saturated carbocycles. The summed E-state index contributed by atoms with van der Waals surface area (Å²) < 4.78 is 20.2. The van der Waals surface area contributed by atoms with Crippen molar-refractivity contribution in [1.82, 2.24) is 25.6 Å². The van der Waals surface area contributed by atoms with Gasteiger partial charge >= 0.3 is 0 Å². The van der Waals surface area contributed by atoms with E-state index in [4.69, 9.17) is 4.74 Å². The Labute approximate surface area is 170 Å². The number of amides is 1. The lowest BCUT2D eigenvalue weighted by Gasteiger charge is -2.23. The van der Waals surface area contributed by atoms with E-state index >= 15 is 0 Å². The fourth-order valence-electron chi connectivity index (χ4n) is 3.18. The SMILES string of the molecule is Cc1c(C(=O)NCCCCOc2ccc(F)cc2)nnn1C1CCNCC1.Cl. The van der Waals surface area contributed by atoms with Crippen LogP contribution in [-0.4, -0.2) is 47.1 Å². The molecule has 2 N–H and O–H groups in total. The van der Waals surface area contributed by atoms with Gasteiger partial charge in [0.25, 0.3) is 5.91 Å². The van der Waals surface area contributed by atoms with Gasteiger partial charge in [-0.05, 0) is 70.0 Å². The monoisotopic (exact) mass is 411 g/mol. The fourth-order valence-corrected chi connectivity index (χ4v) is 3.18. The van der Waals surface area contributed by atoms with E-state index < -0.39 is 0 Å². The van der Waals surface area contributed by atoms with Gasteiger partial charge in [0.1, 0.15) is 11.6 Å². The summed E-state index contributed by atoms with van der Waals surface area (Å²) >= 11 is 0. The summed E-state index contributed by atoms with van der Waals surface area (Å²) in [5, 5.41) is 14.5. The summed E-state index contributed by atoms with van der Waals surface area (Å²) in [6, 6.07) is 6.25. The minimum atomic E-state index is -0.280. The molecule has 0 atom stereocenters. The van der Waals surface area contributed by atoms with E-state index in [-0.39, 0.29) is 24.1 Å². The van der Waals surface area contributed by atoms with E-state index in [2.05, 4.69) is 20.9 Å². The Morgan fingerprint density at radius 1 is 1.29 bits per heavy atom. The lowest BCUT2D eigenvalue weighted by Crippen LogP contribution is -2.30. The van der Waals surface area contributed by atoms with Crippen LogP contribution in [0, 0.1) is 12.7 Å². The molecule has 154 valence electrons. The van der Waals surface area contributed by atoms with Gasteiger partial charge in [-0.25, -0.2) is 9.07 Å². The number of hydrogen-bond donors (Lipinski definition) is 2. The van der Waals surface area contributed by atoms with E-state index in [1.807, 2.05) is 11.6 Å². The van der Waals surface area contributed by atoms with Crippen molar-refractivity contribution in [1.29, 1.82) is 0 Å². The molecule has 7 nitrogen and oxygen atoms in total. The molecule has 9 heteroatoms. The van der Waals surface area contributed by atoms with Crippen molar-refractivity contribution in [2.45, 2.75) is 38.6 Å². The Morgan fingerprint density at radius 2 is 2.00 bits per heavy atom. The molecular formula is C19H27ClFN5O2. The summed E-state index contributed by atoms with van der Waals surface area (Å²) in [5.74, 6) is 0.176. The van der Waals surface area contributed by atoms with Crippen LogP contribution >= 0.6 is 12.4 Å². The minimum absolute atomic E-state index is 0. The predicted octanol–water partition coefficient (Wildman–Crippen LogP) is 2.66. The molecule has 1 aliphatic heterocycles. The van der Waals surface area contributed by atoms with Crippen LogP contribution in [0.15, 0.2) is 24.3 Å². The van der Waals surface area contributed by atoms with Gasteiger partial charge in [0.15, 0.2) is 5.69 Å². The quantitative estimate of drug-likeness (QED) is 0.653. The molecular weight excluding hydrogens is 385 g/mol. The lowest BCUT2D eigenvalue weighted by molar-refractivity contribution is 0.0946. The Hall–Kier alpha value is -2.19. The number of ether oxygens (including phenoxy) is 1. The van der Waals surface area contributed by atoms with Crippen molar-refractivity contribution >= 4 is 18.3 Å². The van der Waals surface area contributed by atoms with Gasteiger partial charge in [-0.3, -0.25) is 4.79 Å². The fraction of sp³-hybridized carbons (Fsp3) is 0.526. The maximum Gasteiger partial charge on any atom is 0.273 e. The van der Waals surface area contributed by atoms with Gasteiger partial charge < -0.3 is 15.4 Å². The topological polar surface area (TPSA) is 81.1 Å². The first-order valence-corrected chi connectivity index (χ1v) is 9.44. The highest BCUT2D eigenvalue weighted by Gasteiger charge is 2.22. The third-order valence-electron chi connectivity index (χ3n) is 4.74. The molecule has 2 heterocycles. The molecule has 0 bridgehead atoms. The summed E-state index contributed by atoms with van der Waals surface area (Å²) in [4.78, 5) is 12.3. The number of aromatic nitrogens is 3. The molecule has 0 spiro atoms. The smallest absolute Gasteiger partial charge is 0.273 e. The number of halogens is 2. The summed E-state index contributed by atoms with van der Waals surface area (Å²) in [6.07, 6.45) is 3.57. The number of hydrogen-bond acceptors (Lipinski definition) is 5. The molecule has 1 fully saturated rings. The van der Waals surface area contributed by atoms with E-state index in [0.717, 1.165) is 44.5 Å². The molecule has 1 aliphatic rings. The Bertz CT molecular complexity index is 747. The molecule has 0 unspecified atom stereocenters. The van der Waals surface area contributed by atoms with Gasteiger partial charge in [-0.2, -0.15) is 0 Å². The summed E-state index contributed by atoms with van der Waals surface area (Å²) in [7, 11) is 0. The van der Waals surface area contributed by atoms with Crippen molar-refractivity contribution in [2.24, 2.45) is 0 Å². The van der Waals surface area contributed by atoms with Gasteiger partial charge in [0.2, 0.25) is 0 Å².